The molecule has 0 bridgehead atoms. The van der Waals surface area contributed by atoms with Crippen molar-refractivity contribution in [3.8, 4) is 0 Å². The predicted octanol–water partition coefficient (Wildman–Crippen LogP) is 3.31. The van der Waals surface area contributed by atoms with E-state index in [-0.39, 0.29) is 0 Å². The number of rotatable bonds is 1. The van der Waals surface area contributed by atoms with Crippen molar-refractivity contribution in [1.29, 1.82) is 0 Å². The lowest BCUT2D eigenvalue weighted by Gasteiger charge is -2.20. The van der Waals surface area contributed by atoms with Gasteiger partial charge in [-0.1, -0.05) is 22.0 Å². The molecule has 1 atom stereocenters. The third-order valence-electron chi connectivity index (χ3n) is 3.57. The first-order chi connectivity index (χ1) is 7.79. The molecule has 2 aromatic rings. The van der Waals surface area contributed by atoms with Crippen LogP contribution in [-0.2, 0) is 6.42 Å². The topological polar surface area (TPSA) is 41.8 Å². The van der Waals surface area contributed by atoms with Gasteiger partial charge in [-0.2, -0.15) is 0 Å². The number of hydrogen-bond donors (Lipinski definition) is 2. The molecule has 0 spiro atoms. The monoisotopic (exact) mass is 278 g/mol. The van der Waals surface area contributed by atoms with Gasteiger partial charge in [-0.15, -0.1) is 0 Å². The maximum atomic E-state index is 5.84. The van der Waals surface area contributed by atoms with Gasteiger partial charge in [0.25, 0.3) is 0 Å². The zero-order chi connectivity index (χ0) is 11.1. The molecule has 0 amide bonds. The van der Waals surface area contributed by atoms with Crippen LogP contribution in [0.4, 0.5) is 0 Å². The Kier molecular flexibility index (Phi) is 2.52. The summed E-state index contributed by atoms with van der Waals surface area (Å²) in [6.07, 6.45) is 3.67. The minimum Gasteiger partial charge on any atom is -0.358 e. The Morgan fingerprint density at radius 3 is 3.12 bits per heavy atom. The van der Waals surface area contributed by atoms with Gasteiger partial charge in [0.2, 0.25) is 0 Å². The van der Waals surface area contributed by atoms with Crippen molar-refractivity contribution in [2.24, 2.45) is 5.73 Å². The number of nitrogens with one attached hydrogen (secondary N) is 1. The second-order valence-electron chi connectivity index (χ2n) is 4.53. The van der Waals surface area contributed by atoms with Crippen LogP contribution in [0.2, 0.25) is 0 Å². The summed E-state index contributed by atoms with van der Waals surface area (Å²) in [7, 11) is 0. The normalized spacial score (nSPS) is 20.0. The van der Waals surface area contributed by atoms with Gasteiger partial charge < -0.3 is 10.7 Å². The van der Waals surface area contributed by atoms with Gasteiger partial charge in [-0.3, -0.25) is 0 Å². The zero-order valence-electron chi connectivity index (χ0n) is 9.09. The largest absolute Gasteiger partial charge is 0.358 e. The Hall–Kier alpha value is -0.800. The molecule has 0 radical (unpaired) electrons. The lowest BCUT2D eigenvalue weighted by Crippen LogP contribution is -2.17. The van der Waals surface area contributed by atoms with Crippen LogP contribution in [0.3, 0.4) is 0 Å². The minimum absolute atomic E-state index is 0.523. The Morgan fingerprint density at radius 2 is 2.31 bits per heavy atom. The maximum absolute atomic E-state index is 5.84. The highest BCUT2D eigenvalue weighted by Gasteiger charge is 2.22. The van der Waals surface area contributed by atoms with Crippen molar-refractivity contribution < 1.29 is 0 Å². The fraction of sp³-hybridized carbons (Fsp3) is 0.385. The number of aryl methyl sites for hydroxylation is 1. The number of nitrogens with two attached hydrogens (primary N) is 1. The van der Waals surface area contributed by atoms with Crippen molar-refractivity contribution in [1.82, 2.24) is 4.98 Å². The molecule has 2 nitrogen and oxygen atoms in total. The van der Waals surface area contributed by atoms with E-state index >= 15 is 0 Å². The van der Waals surface area contributed by atoms with Crippen LogP contribution in [-0.4, -0.2) is 11.5 Å². The summed E-state index contributed by atoms with van der Waals surface area (Å²) in [4.78, 5) is 3.55. The minimum atomic E-state index is 0.523. The molecule has 1 aromatic heterocycles. The van der Waals surface area contributed by atoms with Gasteiger partial charge in [-0.25, -0.2) is 0 Å². The summed E-state index contributed by atoms with van der Waals surface area (Å²) < 4.78 is 1.13. The molecular weight excluding hydrogens is 264 g/mol. The highest BCUT2D eigenvalue weighted by Crippen LogP contribution is 2.36. The predicted molar refractivity (Wildman–Crippen MR) is 70.7 cm³/mol. The number of halogens is 1. The molecule has 1 aliphatic rings. The molecule has 84 valence electrons. The average Bonchev–Trinajstić information content (AvgIpc) is 2.65. The van der Waals surface area contributed by atoms with Crippen LogP contribution in [0.5, 0.6) is 0 Å². The van der Waals surface area contributed by atoms with Crippen LogP contribution in [0.25, 0.3) is 10.9 Å². The Balaban J connectivity index is 2.24. The molecule has 0 aliphatic heterocycles. The first-order valence-corrected chi connectivity index (χ1v) is 6.59. The standard InChI is InChI=1S/C13H15BrN2/c14-9-4-5-10-11-3-1-2-8(7-15)13(11)16-12(10)6-9/h4-6,8,16H,1-3,7,15H2. The van der Waals surface area contributed by atoms with Crippen LogP contribution in [0, 0.1) is 0 Å². The Morgan fingerprint density at radius 1 is 1.44 bits per heavy atom. The van der Waals surface area contributed by atoms with E-state index in [2.05, 4.69) is 39.1 Å². The van der Waals surface area contributed by atoms with Crippen molar-refractivity contribution in [3.05, 3.63) is 33.9 Å². The summed E-state index contributed by atoms with van der Waals surface area (Å²) in [5.74, 6) is 0.523. The first-order valence-electron chi connectivity index (χ1n) is 5.79. The van der Waals surface area contributed by atoms with Gasteiger partial charge in [0.1, 0.15) is 0 Å². The van der Waals surface area contributed by atoms with E-state index in [1.807, 2.05) is 0 Å². The smallest absolute Gasteiger partial charge is 0.0470 e. The van der Waals surface area contributed by atoms with Gasteiger partial charge in [-0.05, 0) is 37.0 Å². The number of hydrogen-bond acceptors (Lipinski definition) is 1. The quantitative estimate of drug-likeness (QED) is 0.826. The fourth-order valence-electron chi connectivity index (χ4n) is 2.77. The molecule has 16 heavy (non-hydrogen) atoms. The van der Waals surface area contributed by atoms with E-state index in [1.54, 1.807) is 0 Å². The molecular formula is C13H15BrN2. The van der Waals surface area contributed by atoms with Gasteiger partial charge in [0, 0.05) is 33.5 Å². The summed E-state index contributed by atoms with van der Waals surface area (Å²) in [5, 5.41) is 1.37. The SMILES string of the molecule is NCC1CCCc2c1[nH]c1cc(Br)ccc21. The van der Waals surface area contributed by atoms with Crippen LogP contribution in [0.1, 0.15) is 30.0 Å². The summed E-state index contributed by atoms with van der Waals surface area (Å²) >= 11 is 3.51. The average molecular weight is 279 g/mol. The first kappa shape index (κ1) is 10.4. The van der Waals surface area contributed by atoms with E-state index in [0.717, 1.165) is 11.0 Å². The Bertz CT molecular complexity index is 530. The number of aromatic amines is 1. The molecule has 3 heteroatoms. The highest BCUT2D eigenvalue weighted by molar-refractivity contribution is 9.10. The van der Waals surface area contributed by atoms with Gasteiger partial charge in [0.15, 0.2) is 0 Å². The molecule has 1 heterocycles. The second-order valence-corrected chi connectivity index (χ2v) is 5.45. The van der Waals surface area contributed by atoms with Crippen LogP contribution in [0.15, 0.2) is 22.7 Å². The fourth-order valence-corrected chi connectivity index (χ4v) is 3.13. The molecule has 1 unspecified atom stereocenters. The van der Waals surface area contributed by atoms with E-state index in [0.29, 0.717) is 5.92 Å². The van der Waals surface area contributed by atoms with Gasteiger partial charge >= 0.3 is 0 Å². The van der Waals surface area contributed by atoms with Crippen molar-refractivity contribution in [2.75, 3.05) is 6.54 Å². The summed E-state index contributed by atoms with van der Waals surface area (Å²) in [6.45, 7) is 0.751. The van der Waals surface area contributed by atoms with E-state index in [9.17, 15) is 0 Å². The number of fused-ring (bicyclic) bond motifs is 3. The maximum Gasteiger partial charge on any atom is 0.0470 e. The van der Waals surface area contributed by atoms with E-state index in [4.69, 9.17) is 5.73 Å². The lowest BCUT2D eigenvalue weighted by molar-refractivity contribution is 0.553. The van der Waals surface area contributed by atoms with Crippen LogP contribution >= 0.6 is 15.9 Å². The molecule has 3 N–H and O–H groups in total. The molecule has 1 aromatic carbocycles. The van der Waals surface area contributed by atoms with Gasteiger partial charge in [0.05, 0.1) is 0 Å². The molecule has 0 saturated heterocycles. The number of benzene rings is 1. The third kappa shape index (κ3) is 1.50. The van der Waals surface area contributed by atoms with Crippen LogP contribution < -0.4 is 5.73 Å². The summed E-state index contributed by atoms with van der Waals surface area (Å²) in [5.41, 5.74) is 9.94. The van der Waals surface area contributed by atoms with Crippen molar-refractivity contribution >= 4 is 26.8 Å². The van der Waals surface area contributed by atoms with E-state index in [1.165, 1.54) is 41.4 Å². The molecule has 1 aliphatic carbocycles. The summed E-state index contributed by atoms with van der Waals surface area (Å²) in [6, 6.07) is 6.47. The lowest BCUT2D eigenvalue weighted by atomic mass is 9.87. The highest BCUT2D eigenvalue weighted by atomic mass is 79.9. The third-order valence-corrected chi connectivity index (χ3v) is 4.07. The molecule has 0 fully saturated rings. The zero-order valence-corrected chi connectivity index (χ0v) is 10.7. The number of H-pyrrole nitrogens is 1. The van der Waals surface area contributed by atoms with Crippen molar-refractivity contribution in [3.63, 3.8) is 0 Å². The molecule has 3 rings (SSSR count). The van der Waals surface area contributed by atoms with E-state index < -0.39 is 0 Å². The van der Waals surface area contributed by atoms with Crippen molar-refractivity contribution in [2.45, 2.75) is 25.2 Å². The Labute approximate surface area is 103 Å². The number of aromatic nitrogens is 1. The molecule has 0 saturated carbocycles. The second kappa shape index (κ2) is 3.90.